The van der Waals surface area contributed by atoms with Crippen molar-refractivity contribution in [2.24, 2.45) is 5.84 Å². The number of fused-ring (bicyclic) bond motifs is 1. The molecule has 6 nitrogen and oxygen atoms in total. The molecule has 1 saturated heterocycles. The molecule has 0 spiro atoms. The van der Waals surface area contributed by atoms with Crippen LogP contribution in [0.4, 0.5) is 5.82 Å². The summed E-state index contributed by atoms with van der Waals surface area (Å²) in [6.07, 6.45) is 2.50. The molecule has 2 aromatic heterocycles. The Hall–Kier alpha value is -1.28. The van der Waals surface area contributed by atoms with Crippen molar-refractivity contribution in [2.45, 2.75) is 25.4 Å². The number of hydrogen-bond donors (Lipinski definition) is 2. The summed E-state index contributed by atoms with van der Waals surface area (Å²) in [4.78, 5) is 15.0. The van der Waals surface area contributed by atoms with Gasteiger partial charge in [0.1, 0.15) is 10.7 Å². The zero-order valence-corrected chi connectivity index (χ0v) is 13.4. The SMILES string of the molecule is CN(C)C1CCCN(Cc2nc(NN)c3ccsc3n2)C1. The molecule has 0 aromatic carbocycles. The van der Waals surface area contributed by atoms with Crippen LogP contribution in [0.5, 0.6) is 0 Å². The molecule has 0 amide bonds. The van der Waals surface area contributed by atoms with Gasteiger partial charge >= 0.3 is 0 Å². The molecule has 3 rings (SSSR count). The first kappa shape index (κ1) is 14.6. The maximum absolute atomic E-state index is 5.58. The number of thiophene rings is 1. The molecule has 2 aromatic rings. The molecule has 0 radical (unpaired) electrons. The number of rotatable bonds is 4. The van der Waals surface area contributed by atoms with Gasteiger partial charge in [-0.25, -0.2) is 15.8 Å². The number of likely N-dealkylation sites (tertiary alicyclic amines) is 1. The Balaban J connectivity index is 1.78. The van der Waals surface area contributed by atoms with Gasteiger partial charge in [-0.1, -0.05) is 0 Å². The highest BCUT2D eigenvalue weighted by Gasteiger charge is 2.22. The summed E-state index contributed by atoms with van der Waals surface area (Å²) in [7, 11) is 4.30. The first-order valence-electron chi connectivity index (χ1n) is 7.27. The third-order valence-electron chi connectivity index (χ3n) is 4.08. The van der Waals surface area contributed by atoms with Gasteiger partial charge in [0.15, 0.2) is 5.82 Å². The normalized spacial score (nSPS) is 20.3. The van der Waals surface area contributed by atoms with Gasteiger partial charge < -0.3 is 10.3 Å². The molecule has 3 heterocycles. The van der Waals surface area contributed by atoms with Crippen LogP contribution in [0.15, 0.2) is 11.4 Å². The number of likely N-dealkylation sites (N-methyl/N-ethyl adjacent to an activating group) is 1. The van der Waals surface area contributed by atoms with Crippen LogP contribution in [0.3, 0.4) is 0 Å². The molecule has 1 fully saturated rings. The van der Waals surface area contributed by atoms with Crippen LogP contribution in [0.1, 0.15) is 18.7 Å². The Morgan fingerprint density at radius 2 is 2.33 bits per heavy atom. The second kappa shape index (κ2) is 6.23. The number of piperidine rings is 1. The van der Waals surface area contributed by atoms with Crippen LogP contribution in [0.2, 0.25) is 0 Å². The van der Waals surface area contributed by atoms with Crippen molar-refractivity contribution in [3.63, 3.8) is 0 Å². The second-order valence-corrected chi connectivity index (χ2v) is 6.66. The topological polar surface area (TPSA) is 70.3 Å². The van der Waals surface area contributed by atoms with Crippen molar-refractivity contribution in [1.82, 2.24) is 19.8 Å². The molecule has 3 N–H and O–H groups in total. The zero-order valence-electron chi connectivity index (χ0n) is 12.5. The fraction of sp³-hybridized carbons (Fsp3) is 0.571. The van der Waals surface area contributed by atoms with Gasteiger partial charge in [-0.3, -0.25) is 4.90 Å². The summed E-state index contributed by atoms with van der Waals surface area (Å²) < 4.78 is 0. The van der Waals surface area contributed by atoms with E-state index < -0.39 is 0 Å². The Bertz CT molecular complexity index is 611. The first-order chi connectivity index (χ1) is 10.2. The summed E-state index contributed by atoms with van der Waals surface area (Å²) >= 11 is 1.63. The molecular formula is C14H22N6S. The van der Waals surface area contributed by atoms with Gasteiger partial charge in [-0.2, -0.15) is 0 Å². The van der Waals surface area contributed by atoms with Crippen molar-refractivity contribution in [1.29, 1.82) is 0 Å². The highest BCUT2D eigenvalue weighted by Crippen LogP contribution is 2.25. The summed E-state index contributed by atoms with van der Waals surface area (Å²) in [5.74, 6) is 7.15. The molecule has 1 aliphatic heterocycles. The maximum Gasteiger partial charge on any atom is 0.152 e. The second-order valence-electron chi connectivity index (χ2n) is 5.77. The smallest absolute Gasteiger partial charge is 0.152 e. The number of nitrogen functional groups attached to an aromatic ring is 1. The predicted octanol–water partition coefficient (Wildman–Crippen LogP) is 1.50. The first-order valence-corrected chi connectivity index (χ1v) is 8.15. The summed E-state index contributed by atoms with van der Waals surface area (Å²) in [6, 6.07) is 2.62. The van der Waals surface area contributed by atoms with E-state index in [0.29, 0.717) is 6.04 Å². The van der Waals surface area contributed by atoms with E-state index in [-0.39, 0.29) is 0 Å². The van der Waals surface area contributed by atoms with Crippen molar-refractivity contribution in [3.05, 3.63) is 17.3 Å². The van der Waals surface area contributed by atoms with E-state index in [4.69, 9.17) is 5.84 Å². The highest BCUT2D eigenvalue weighted by molar-refractivity contribution is 7.16. The van der Waals surface area contributed by atoms with Crippen LogP contribution >= 0.6 is 11.3 Å². The minimum absolute atomic E-state index is 0.622. The summed E-state index contributed by atoms with van der Waals surface area (Å²) in [5, 5.41) is 3.02. The van der Waals surface area contributed by atoms with Crippen molar-refractivity contribution < 1.29 is 0 Å². The minimum Gasteiger partial charge on any atom is -0.308 e. The number of nitrogens with zero attached hydrogens (tertiary/aromatic N) is 4. The van der Waals surface area contributed by atoms with Crippen LogP contribution in [-0.4, -0.2) is 53.0 Å². The molecule has 21 heavy (non-hydrogen) atoms. The molecular weight excluding hydrogens is 284 g/mol. The predicted molar refractivity (Wildman–Crippen MR) is 87.2 cm³/mol. The molecule has 1 unspecified atom stereocenters. The lowest BCUT2D eigenvalue weighted by atomic mass is 10.1. The number of anilines is 1. The Labute approximate surface area is 128 Å². The molecule has 0 saturated carbocycles. The van der Waals surface area contributed by atoms with E-state index in [1.165, 1.54) is 12.8 Å². The number of hydrazine groups is 1. The lowest BCUT2D eigenvalue weighted by Crippen LogP contribution is -2.44. The Kier molecular flexibility index (Phi) is 4.34. The molecule has 114 valence electrons. The van der Waals surface area contributed by atoms with Crippen LogP contribution in [-0.2, 0) is 6.54 Å². The van der Waals surface area contributed by atoms with Crippen molar-refractivity contribution >= 4 is 27.4 Å². The zero-order chi connectivity index (χ0) is 14.8. The molecule has 0 bridgehead atoms. The quantitative estimate of drug-likeness (QED) is 0.659. The lowest BCUT2D eigenvalue weighted by Gasteiger charge is -2.35. The summed E-state index contributed by atoms with van der Waals surface area (Å²) in [5.41, 5.74) is 2.69. The van der Waals surface area contributed by atoms with E-state index in [1.54, 1.807) is 11.3 Å². The Morgan fingerprint density at radius 1 is 1.48 bits per heavy atom. The minimum atomic E-state index is 0.622. The van der Waals surface area contributed by atoms with E-state index >= 15 is 0 Å². The molecule has 0 aliphatic carbocycles. The van der Waals surface area contributed by atoms with E-state index in [2.05, 4.69) is 39.3 Å². The molecule has 7 heteroatoms. The van der Waals surface area contributed by atoms with Gasteiger partial charge in [0.25, 0.3) is 0 Å². The molecule has 1 atom stereocenters. The van der Waals surface area contributed by atoms with Crippen molar-refractivity contribution in [3.8, 4) is 0 Å². The number of nitrogens with two attached hydrogens (primary N) is 1. The van der Waals surface area contributed by atoms with Crippen LogP contribution in [0, 0.1) is 0 Å². The molecule has 1 aliphatic rings. The lowest BCUT2D eigenvalue weighted by molar-refractivity contribution is 0.126. The van der Waals surface area contributed by atoms with Gasteiger partial charge in [-0.05, 0) is 44.9 Å². The summed E-state index contributed by atoms with van der Waals surface area (Å²) in [6.45, 7) is 2.97. The average Bonchev–Trinajstić information content (AvgIpc) is 2.95. The Morgan fingerprint density at radius 3 is 3.10 bits per heavy atom. The fourth-order valence-electron chi connectivity index (χ4n) is 2.88. The van der Waals surface area contributed by atoms with Crippen LogP contribution in [0.25, 0.3) is 10.2 Å². The standard InChI is InChI=1S/C14H22N6S/c1-19(2)10-4-3-6-20(8-10)9-12-16-13(18-15)11-5-7-21-14(11)17-12/h5,7,10H,3-4,6,8-9,15H2,1-2H3,(H,16,17,18). The van der Waals surface area contributed by atoms with Gasteiger partial charge in [0.2, 0.25) is 0 Å². The number of hydrogen-bond acceptors (Lipinski definition) is 7. The van der Waals surface area contributed by atoms with Crippen molar-refractivity contribution in [2.75, 3.05) is 32.6 Å². The van der Waals surface area contributed by atoms with Crippen LogP contribution < -0.4 is 11.3 Å². The number of nitrogens with one attached hydrogen (secondary N) is 1. The fourth-order valence-corrected chi connectivity index (χ4v) is 3.66. The monoisotopic (exact) mass is 306 g/mol. The average molecular weight is 306 g/mol. The van der Waals surface area contributed by atoms with Gasteiger partial charge in [0, 0.05) is 12.6 Å². The van der Waals surface area contributed by atoms with Gasteiger partial charge in [0.05, 0.1) is 11.9 Å². The number of aromatic nitrogens is 2. The maximum atomic E-state index is 5.58. The van der Waals surface area contributed by atoms with E-state index in [0.717, 1.165) is 41.5 Å². The van der Waals surface area contributed by atoms with Gasteiger partial charge in [-0.15, -0.1) is 11.3 Å². The van der Waals surface area contributed by atoms with E-state index in [9.17, 15) is 0 Å². The third kappa shape index (κ3) is 3.16. The highest BCUT2D eigenvalue weighted by atomic mass is 32.1. The third-order valence-corrected chi connectivity index (χ3v) is 4.89. The largest absolute Gasteiger partial charge is 0.308 e. The van der Waals surface area contributed by atoms with E-state index in [1.807, 2.05) is 11.4 Å².